The second-order valence-electron chi connectivity index (χ2n) is 6.70. The van der Waals surface area contributed by atoms with Gasteiger partial charge in [0.15, 0.2) is 0 Å². The number of benzene rings is 1. The van der Waals surface area contributed by atoms with Crippen LogP contribution in [0.25, 0.3) is 0 Å². The predicted octanol–water partition coefficient (Wildman–Crippen LogP) is 2.33. The molecule has 2 aliphatic rings. The Hall–Kier alpha value is -2.56. The highest BCUT2D eigenvalue weighted by Gasteiger charge is 2.55. The molecule has 2 aliphatic heterocycles. The van der Waals surface area contributed by atoms with Crippen molar-refractivity contribution in [1.29, 1.82) is 0 Å². The predicted molar refractivity (Wildman–Crippen MR) is 88.6 cm³/mol. The Morgan fingerprint density at radius 2 is 2.08 bits per heavy atom. The summed E-state index contributed by atoms with van der Waals surface area (Å²) in [5, 5.41) is 2.96. The van der Waals surface area contributed by atoms with Crippen LogP contribution < -0.4 is 5.32 Å². The van der Waals surface area contributed by atoms with Crippen LogP contribution in [0, 0.1) is 12.3 Å². The molecule has 0 radical (unpaired) electrons. The summed E-state index contributed by atoms with van der Waals surface area (Å²) >= 11 is 0. The number of aryl methyl sites for hydroxylation is 1. The lowest BCUT2D eigenvalue weighted by atomic mass is 9.73. The molecule has 1 N–H and O–H groups in total. The molecule has 4 rings (SSSR count). The van der Waals surface area contributed by atoms with Crippen molar-refractivity contribution in [3.8, 4) is 0 Å². The summed E-state index contributed by atoms with van der Waals surface area (Å²) < 4.78 is 5.27. The SMILES string of the molecule is Cc1occc1C(=O)N1C[C@@H](c2ccccc2)[C@@]2(CCNC2=O)C1. The molecule has 3 heterocycles. The average molecular weight is 324 g/mol. The van der Waals surface area contributed by atoms with E-state index in [-0.39, 0.29) is 17.7 Å². The second kappa shape index (κ2) is 5.51. The molecule has 1 spiro atoms. The van der Waals surface area contributed by atoms with Gasteiger partial charge in [-0.25, -0.2) is 0 Å². The van der Waals surface area contributed by atoms with Gasteiger partial charge in [0.2, 0.25) is 5.91 Å². The molecule has 5 heteroatoms. The standard InChI is InChI=1S/C19H20N2O3/c1-13-15(7-10-24-13)17(22)21-11-16(14-5-3-2-4-6-14)19(12-21)8-9-20-18(19)23/h2-7,10,16H,8-9,11-12H2,1H3,(H,20,23)/t16-,19+/m0/s1. The van der Waals surface area contributed by atoms with Crippen molar-refractivity contribution in [1.82, 2.24) is 10.2 Å². The van der Waals surface area contributed by atoms with Gasteiger partial charge in [-0.05, 0) is 25.0 Å². The Bertz CT molecular complexity index is 783. The smallest absolute Gasteiger partial charge is 0.257 e. The topological polar surface area (TPSA) is 62.6 Å². The lowest BCUT2D eigenvalue weighted by Crippen LogP contribution is -2.38. The van der Waals surface area contributed by atoms with E-state index in [2.05, 4.69) is 17.4 Å². The molecule has 1 aromatic carbocycles. The first kappa shape index (κ1) is 15.0. The number of carbonyl (C=O) groups excluding carboxylic acids is 2. The highest BCUT2D eigenvalue weighted by molar-refractivity contribution is 5.97. The fraction of sp³-hybridized carbons (Fsp3) is 0.368. The molecule has 0 unspecified atom stereocenters. The number of amides is 2. The number of carbonyl (C=O) groups is 2. The van der Waals surface area contributed by atoms with Gasteiger partial charge in [0.25, 0.3) is 5.91 Å². The van der Waals surface area contributed by atoms with Crippen molar-refractivity contribution in [3.63, 3.8) is 0 Å². The molecule has 0 aliphatic carbocycles. The van der Waals surface area contributed by atoms with Crippen LogP contribution in [0.1, 0.15) is 34.0 Å². The second-order valence-corrected chi connectivity index (χ2v) is 6.70. The highest BCUT2D eigenvalue weighted by Crippen LogP contribution is 2.48. The lowest BCUT2D eigenvalue weighted by molar-refractivity contribution is -0.127. The molecular weight excluding hydrogens is 304 g/mol. The third-order valence-electron chi connectivity index (χ3n) is 5.43. The molecule has 2 fully saturated rings. The first-order valence-electron chi connectivity index (χ1n) is 8.28. The van der Waals surface area contributed by atoms with E-state index in [9.17, 15) is 9.59 Å². The van der Waals surface area contributed by atoms with Gasteiger partial charge in [0, 0.05) is 25.6 Å². The Balaban J connectivity index is 1.70. The van der Waals surface area contributed by atoms with Crippen LogP contribution in [0.15, 0.2) is 47.1 Å². The zero-order valence-electron chi connectivity index (χ0n) is 13.6. The molecule has 5 nitrogen and oxygen atoms in total. The minimum atomic E-state index is -0.519. The van der Waals surface area contributed by atoms with Gasteiger partial charge in [-0.3, -0.25) is 9.59 Å². The van der Waals surface area contributed by atoms with Crippen molar-refractivity contribution in [2.24, 2.45) is 5.41 Å². The van der Waals surface area contributed by atoms with Gasteiger partial charge >= 0.3 is 0 Å². The first-order valence-corrected chi connectivity index (χ1v) is 8.28. The largest absolute Gasteiger partial charge is 0.469 e. The summed E-state index contributed by atoms with van der Waals surface area (Å²) in [6.45, 7) is 3.48. The summed E-state index contributed by atoms with van der Waals surface area (Å²) in [6, 6.07) is 11.7. The van der Waals surface area contributed by atoms with Crippen LogP contribution >= 0.6 is 0 Å². The van der Waals surface area contributed by atoms with E-state index in [0.717, 1.165) is 12.0 Å². The van der Waals surface area contributed by atoms with Crippen LogP contribution in [0.4, 0.5) is 0 Å². The van der Waals surface area contributed by atoms with Crippen LogP contribution in [-0.2, 0) is 4.79 Å². The normalized spacial score (nSPS) is 26.1. The molecule has 0 saturated carbocycles. The molecule has 2 atom stereocenters. The highest BCUT2D eigenvalue weighted by atomic mass is 16.3. The fourth-order valence-electron chi connectivity index (χ4n) is 4.12. The molecule has 2 amide bonds. The van der Waals surface area contributed by atoms with Gasteiger partial charge in [-0.15, -0.1) is 0 Å². The molecule has 2 saturated heterocycles. The van der Waals surface area contributed by atoms with Crippen LogP contribution in [0.3, 0.4) is 0 Å². The van der Waals surface area contributed by atoms with Crippen molar-refractivity contribution in [2.45, 2.75) is 19.3 Å². The van der Waals surface area contributed by atoms with Crippen LogP contribution in [0.2, 0.25) is 0 Å². The summed E-state index contributed by atoms with van der Waals surface area (Å²) in [4.78, 5) is 27.3. The van der Waals surface area contributed by atoms with Gasteiger partial charge < -0.3 is 14.6 Å². The number of nitrogens with zero attached hydrogens (tertiary/aromatic N) is 1. The molecule has 1 aromatic heterocycles. The zero-order chi connectivity index (χ0) is 16.7. The number of likely N-dealkylation sites (tertiary alicyclic amines) is 1. The summed E-state index contributed by atoms with van der Waals surface area (Å²) in [5.41, 5.74) is 1.18. The van der Waals surface area contributed by atoms with E-state index in [1.165, 1.54) is 6.26 Å². The molecule has 2 aromatic rings. The maximum absolute atomic E-state index is 12.9. The number of nitrogens with one attached hydrogen (secondary N) is 1. The average Bonchev–Trinajstić information content (AvgIpc) is 3.29. The minimum absolute atomic E-state index is 0.0253. The number of furan rings is 1. The van der Waals surface area contributed by atoms with E-state index in [0.29, 0.717) is 31.0 Å². The fourth-order valence-corrected chi connectivity index (χ4v) is 4.12. The van der Waals surface area contributed by atoms with Crippen LogP contribution in [0.5, 0.6) is 0 Å². The van der Waals surface area contributed by atoms with Crippen molar-refractivity contribution >= 4 is 11.8 Å². The minimum Gasteiger partial charge on any atom is -0.469 e. The third kappa shape index (κ3) is 2.15. The van der Waals surface area contributed by atoms with Crippen molar-refractivity contribution in [2.75, 3.05) is 19.6 Å². The van der Waals surface area contributed by atoms with E-state index >= 15 is 0 Å². The first-order chi connectivity index (χ1) is 11.6. The Morgan fingerprint density at radius 1 is 1.29 bits per heavy atom. The maximum Gasteiger partial charge on any atom is 0.257 e. The monoisotopic (exact) mass is 324 g/mol. The van der Waals surface area contributed by atoms with E-state index < -0.39 is 5.41 Å². The van der Waals surface area contributed by atoms with Crippen LogP contribution in [-0.4, -0.2) is 36.3 Å². The van der Waals surface area contributed by atoms with Gasteiger partial charge in [-0.2, -0.15) is 0 Å². The van der Waals surface area contributed by atoms with Gasteiger partial charge in [0.1, 0.15) is 5.76 Å². The number of hydrogen-bond donors (Lipinski definition) is 1. The molecule has 0 bridgehead atoms. The summed E-state index contributed by atoms with van der Waals surface area (Å²) in [5.74, 6) is 0.653. The summed E-state index contributed by atoms with van der Waals surface area (Å²) in [6.07, 6.45) is 2.30. The number of hydrogen-bond acceptors (Lipinski definition) is 3. The van der Waals surface area contributed by atoms with Crippen molar-refractivity contribution < 1.29 is 14.0 Å². The Morgan fingerprint density at radius 3 is 2.71 bits per heavy atom. The molecule has 24 heavy (non-hydrogen) atoms. The number of rotatable bonds is 2. The molecular formula is C19H20N2O3. The van der Waals surface area contributed by atoms with E-state index in [4.69, 9.17) is 4.42 Å². The Labute approximate surface area is 140 Å². The Kier molecular flexibility index (Phi) is 3.44. The quantitative estimate of drug-likeness (QED) is 0.922. The van der Waals surface area contributed by atoms with E-state index in [1.807, 2.05) is 18.2 Å². The third-order valence-corrected chi connectivity index (χ3v) is 5.43. The maximum atomic E-state index is 12.9. The van der Waals surface area contributed by atoms with E-state index in [1.54, 1.807) is 17.9 Å². The zero-order valence-corrected chi connectivity index (χ0v) is 13.6. The van der Waals surface area contributed by atoms with Gasteiger partial charge in [-0.1, -0.05) is 30.3 Å². The lowest BCUT2D eigenvalue weighted by Gasteiger charge is -2.27. The summed E-state index contributed by atoms with van der Waals surface area (Å²) in [7, 11) is 0. The molecule has 124 valence electrons. The van der Waals surface area contributed by atoms with Gasteiger partial charge in [0.05, 0.1) is 17.2 Å². The van der Waals surface area contributed by atoms with Crippen molar-refractivity contribution in [3.05, 3.63) is 59.5 Å².